The SMILES string of the molecule is CCCC(=O)NC1CCN(C(=O)C(N)C(C)CC)CC1. The normalized spacial score (nSPS) is 19.5. The summed E-state index contributed by atoms with van der Waals surface area (Å²) in [6, 6.07) is -0.191. The van der Waals surface area contributed by atoms with Crippen LogP contribution in [0.5, 0.6) is 0 Å². The molecule has 0 radical (unpaired) electrons. The molecule has 20 heavy (non-hydrogen) atoms. The van der Waals surface area contributed by atoms with Crippen LogP contribution in [0.15, 0.2) is 0 Å². The summed E-state index contributed by atoms with van der Waals surface area (Å²) in [4.78, 5) is 25.6. The summed E-state index contributed by atoms with van der Waals surface area (Å²) in [6.45, 7) is 7.45. The molecular weight excluding hydrogens is 254 g/mol. The molecule has 2 unspecified atom stereocenters. The van der Waals surface area contributed by atoms with Crippen molar-refractivity contribution in [1.29, 1.82) is 0 Å². The third-order valence-electron chi connectivity index (χ3n) is 4.19. The maximum absolute atomic E-state index is 12.2. The molecule has 0 aromatic heterocycles. The van der Waals surface area contributed by atoms with Crippen LogP contribution in [-0.2, 0) is 9.59 Å². The van der Waals surface area contributed by atoms with Gasteiger partial charge in [-0.15, -0.1) is 0 Å². The smallest absolute Gasteiger partial charge is 0.239 e. The van der Waals surface area contributed by atoms with E-state index in [9.17, 15) is 9.59 Å². The fourth-order valence-corrected chi connectivity index (χ4v) is 2.48. The minimum absolute atomic E-state index is 0.0534. The van der Waals surface area contributed by atoms with Gasteiger partial charge in [0, 0.05) is 25.6 Å². The quantitative estimate of drug-likeness (QED) is 0.770. The second-order valence-corrected chi connectivity index (χ2v) is 5.83. The Labute approximate surface area is 122 Å². The van der Waals surface area contributed by atoms with Crippen LogP contribution in [0, 0.1) is 5.92 Å². The molecule has 2 atom stereocenters. The van der Waals surface area contributed by atoms with Gasteiger partial charge in [-0.3, -0.25) is 9.59 Å². The van der Waals surface area contributed by atoms with Crippen molar-refractivity contribution in [3.63, 3.8) is 0 Å². The Morgan fingerprint density at radius 1 is 1.30 bits per heavy atom. The van der Waals surface area contributed by atoms with Crippen molar-refractivity contribution in [2.45, 2.75) is 65.0 Å². The molecule has 0 bridgehead atoms. The summed E-state index contributed by atoms with van der Waals surface area (Å²) >= 11 is 0. The van der Waals surface area contributed by atoms with Crippen molar-refractivity contribution in [3.05, 3.63) is 0 Å². The van der Waals surface area contributed by atoms with Crippen molar-refractivity contribution in [2.75, 3.05) is 13.1 Å². The minimum atomic E-state index is -0.397. The fourth-order valence-electron chi connectivity index (χ4n) is 2.48. The molecule has 5 nitrogen and oxygen atoms in total. The number of piperidine rings is 1. The van der Waals surface area contributed by atoms with E-state index in [-0.39, 0.29) is 23.8 Å². The molecule has 1 fully saturated rings. The van der Waals surface area contributed by atoms with Crippen LogP contribution in [0.3, 0.4) is 0 Å². The van der Waals surface area contributed by atoms with Gasteiger partial charge in [0.15, 0.2) is 0 Å². The van der Waals surface area contributed by atoms with Gasteiger partial charge < -0.3 is 16.0 Å². The summed E-state index contributed by atoms with van der Waals surface area (Å²) in [6.07, 6.45) is 4.02. The zero-order valence-electron chi connectivity index (χ0n) is 13.0. The first-order valence-corrected chi connectivity index (χ1v) is 7.83. The van der Waals surface area contributed by atoms with Gasteiger partial charge in [0.2, 0.25) is 11.8 Å². The zero-order valence-corrected chi connectivity index (χ0v) is 13.0. The standard InChI is InChI=1S/C15H29N3O2/c1-4-6-13(19)17-12-7-9-18(10-8-12)15(20)14(16)11(3)5-2/h11-12,14H,4-10,16H2,1-3H3,(H,17,19). The maximum Gasteiger partial charge on any atom is 0.239 e. The topological polar surface area (TPSA) is 75.4 Å². The van der Waals surface area contributed by atoms with Gasteiger partial charge in [0.25, 0.3) is 0 Å². The number of hydrogen-bond acceptors (Lipinski definition) is 3. The lowest BCUT2D eigenvalue weighted by Crippen LogP contribution is -2.52. The third-order valence-corrected chi connectivity index (χ3v) is 4.19. The summed E-state index contributed by atoms with van der Waals surface area (Å²) < 4.78 is 0. The Morgan fingerprint density at radius 3 is 2.40 bits per heavy atom. The Bertz CT molecular complexity index is 325. The molecule has 0 aliphatic carbocycles. The van der Waals surface area contributed by atoms with Crippen LogP contribution in [-0.4, -0.2) is 41.9 Å². The number of carbonyl (C=O) groups excluding carboxylic acids is 2. The number of nitrogens with two attached hydrogens (primary N) is 1. The summed E-state index contributed by atoms with van der Waals surface area (Å²) in [5.74, 6) is 0.385. The highest BCUT2D eigenvalue weighted by atomic mass is 16.2. The molecule has 0 aromatic carbocycles. The predicted molar refractivity (Wildman–Crippen MR) is 80.1 cm³/mol. The van der Waals surface area contributed by atoms with Crippen LogP contribution in [0.25, 0.3) is 0 Å². The number of rotatable bonds is 6. The summed E-state index contributed by atoms with van der Waals surface area (Å²) in [5.41, 5.74) is 6.00. The van der Waals surface area contributed by atoms with E-state index in [0.29, 0.717) is 19.5 Å². The van der Waals surface area contributed by atoms with E-state index in [1.807, 2.05) is 25.7 Å². The molecule has 0 saturated carbocycles. The largest absolute Gasteiger partial charge is 0.353 e. The van der Waals surface area contributed by atoms with Gasteiger partial charge in [-0.2, -0.15) is 0 Å². The van der Waals surface area contributed by atoms with Crippen molar-refractivity contribution in [1.82, 2.24) is 10.2 Å². The maximum atomic E-state index is 12.2. The average Bonchev–Trinajstić information content (AvgIpc) is 2.46. The molecule has 116 valence electrons. The fraction of sp³-hybridized carbons (Fsp3) is 0.867. The second kappa shape index (κ2) is 8.25. The minimum Gasteiger partial charge on any atom is -0.353 e. The first-order valence-electron chi connectivity index (χ1n) is 7.83. The molecule has 0 aromatic rings. The molecule has 1 aliphatic rings. The summed E-state index contributed by atoms with van der Waals surface area (Å²) in [5, 5.41) is 3.03. The van der Waals surface area contributed by atoms with Crippen molar-refractivity contribution in [2.24, 2.45) is 11.7 Å². The van der Waals surface area contributed by atoms with Crippen LogP contribution >= 0.6 is 0 Å². The Morgan fingerprint density at radius 2 is 1.90 bits per heavy atom. The van der Waals surface area contributed by atoms with Gasteiger partial charge in [-0.05, 0) is 25.2 Å². The lowest BCUT2D eigenvalue weighted by Gasteiger charge is -2.34. The van der Waals surface area contributed by atoms with E-state index >= 15 is 0 Å². The molecule has 1 rings (SSSR count). The molecule has 3 N–H and O–H groups in total. The lowest BCUT2D eigenvalue weighted by atomic mass is 9.97. The molecule has 1 aliphatic heterocycles. The average molecular weight is 283 g/mol. The molecule has 0 spiro atoms. The van der Waals surface area contributed by atoms with Gasteiger partial charge in [-0.1, -0.05) is 27.2 Å². The third kappa shape index (κ3) is 4.78. The number of carbonyl (C=O) groups is 2. The van der Waals surface area contributed by atoms with E-state index in [1.54, 1.807) is 0 Å². The van der Waals surface area contributed by atoms with Crippen molar-refractivity contribution >= 4 is 11.8 Å². The monoisotopic (exact) mass is 283 g/mol. The highest BCUT2D eigenvalue weighted by Gasteiger charge is 2.28. The van der Waals surface area contributed by atoms with Crippen LogP contribution < -0.4 is 11.1 Å². The van der Waals surface area contributed by atoms with Gasteiger partial charge in [0.05, 0.1) is 6.04 Å². The van der Waals surface area contributed by atoms with E-state index in [2.05, 4.69) is 5.32 Å². The predicted octanol–water partition coefficient (Wildman–Crippen LogP) is 1.27. The van der Waals surface area contributed by atoms with Crippen molar-refractivity contribution < 1.29 is 9.59 Å². The van der Waals surface area contributed by atoms with Gasteiger partial charge in [-0.25, -0.2) is 0 Å². The van der Waals surface area contributed by atoms with E-state index in [0.717, 1.165) is 25.7 Å². The van der Waals surface area contributed by atoms with Crippen LogP contribution in [0.1, 0.15) is 52.9 Å². The van der Waals surface area contributed by atoms with Crippen LogP contribution in [0.4, 0.5) is 0 Å². The number of amides is 2. The number of nitrogens with zero attached hydrogens (tertiary/aromatic N) is 1. The first kappa shape index (κ1) is 17.0. The van der Waals surface area contributed by atoms with E-state index in [4.69, 9.17) is 5.73 Å². The lowest BCUT2D eigenvalue weighted by molar-refractivity contribution is -0.135. The Balaban J connectivity index is 2.38. The van der Waals surface area contributed by atoms with Gasteiger partial charge in [0.1, 0.15) is 0 Å². The first-order chi connectivity index (χ1) is 9.49. The molecular formula is C15H29N3O2. The Hall–Kier alpha value is -1.10. The highest BCUT2D eigenvalue weighted by molar-refractivity contribution is 5.82. The van der Waals surface area contributed by atoms with Crippen LogP contribution in [0.2, 0.25) is 0 Å². The number of hydrogen-bond donors (Lipinski definition) is 2. The zero-order chi connectivity index (χ0) is 15.1. The molecule has 1 saturated heterocycles. The molecule has 2 amide bonds. The Kier molecular flexibility index (Phi) is 6.99. The second-order valence-electron chi connectivity index (χ2n) is 5.83. The number of likely N-dealkylation sites (tertiary alicyclic amines) is 1. The van der Waals surface area contributed by atoms with Crippen molar-refractivity contribution in [3.8, 4) is 0 Å². The number of nitrogens with one attached hydrogen (secondary N) is 1. The molecule has 5 heteroatoms. The van der Waals surface area contributed by atoms with Gasteiger partial charge >= 0.3 is 0 Å². The van der Waals surface area contributed by atoms with E-state index < -0.39 is 6.04 Å². The van der Waals surface area contributed by atoms with E-state index in [1.165, 1.54) is 0 Å². The highest BCUT2D eigenvalue weighted by Crippen LogP contribution is 2.15. The molecule has 1 heterocycles. The summed E-state index contributed by atoms with van der Waals surface area (Å²) in [7, 11) is 0.